The molecule has 0 aliphatic carbocycles. The summed E-state index contributed by atoms with van der Waals surface area (Å²) < 4.78 is 32.7. The molecule has 2 aromatic rings. The Morgan fingerprint density at radius 2 is 1.76 bits per heavy atom. The van der Waals surface area contributed by atoms with Crippen LogP contribution in [0.15, 0.2) is 36.4 Å². The van der Waals surface area contributed by atoms with Crippen molar-refractivity contribution in [2.75, 3.05) is 7.11 Å². The first-order chi connectivity index (χ1) is 10.0. The van der Waals surface area contributed by atoms with Crippen LogP contribution in [0, 0.1) is 23.0 Å². The van der Waals surface area contributed by atoms with E-state index in [1.54, 1.807) is 24.3 Å². The zero-order chi connectivity index (χ0) is 15.4. The molecule has 0 saturated carbocycles. The van der Waals surface area contributed by atoms with E-state index in [0.717, 1.165) is 12.1 Å². The average molecular weight is 306 g/mol. The lowest BCUT2D eigenvalue weighted by Crippen LogP contribution is -1.96. The van der Waals surface area contributed by atoms with Crippen molar-refractivity contribution in [3.8, 4) is 11.8 Å². The van der Waals surface area contributed by atoms with Crippen molar-refractivity contribution >= 4 is 23.3 Å². The molecular formula is C16H10ClF2NO. The Labute approximate surface area is 125 Å². The van der Waals surface area contributed by atoms with Crippen molar-refractivity contribution in [3.63, 3.8) is 0 Å². The predicted octanol–water partition coefficient (Wildman–Crippen LogP) is 4.69. The molecule has 0 aromatic heterocycles. The maximum Gasteiger partial charge on any atom is 0.138 e. The number of ether oxygens (including phenoxy) is 1. The van der Waals surface area contributed by atoms with Crippen LogP contribution in [-0.2, 0) is 0 Å². The van der Waals surface area contributed by atoms with Crippen molar-refractivity contribution < 1.29 is 13.5 Å². The van der Waals surface area contributed by atoms with E-state index in [9.17, 15) is 8.78 Å². The minimum absolute atomic E-state index is 0.0533. The number of hydrogen-bond donors (Lipinski definition) is 0. The number of nitrogens with zero attached hydrogens (tertiary/aromatic N) is 1. The fraction of sp³-hybridized carbons (Fsp3) is 0.0625. The summed E-state index contributed by atoms with van der Waals surface area (Å²) in [6.07, 6.45) is 1.39. The first kappa shape index (κ1) is 15.0. The van der Waals surface area contributed by atoms with Crippen LogP contribution in [-0.4, -0.2) is 7.11 Å². The van der Waals surface area contributed by atoms with Crippen LogP contribution in [0.25, 0.3) is 11.6 Å². The highest BCUT2D eigenvalue weighted by Crippen LogP contribution is 2.27. The molecule has 0 aliphatic heterocycles. The monoisotopic (exact) mass is 305 g/mol. The van der Waals surface area contributed by atoms with E-state index >= 15 is 0 Å². The van der Waals surface area contributed by atoms with E-state index in [4.69, 9.17) is 21.6 Å². The van der Waals surface area contributed by atoms with Gasteiger partial charge in [0.1, 0.15) is 17.4 Å². The van der Waals surface area contributed by atoms with Crippen LogP contribution < -0.4 is 4.74 Å². The molecule has 21 heavy (non-hydrogen) atoms. The Morgan fingerprint density at radius 3 is 2.24 bits per heavy atom. The van der Waals surface area contributed by atoms with Gasteiger partial charge in [-0.1, -0.05) is 23.7 Å². The molecular weight excluding hydrogens is 296 g/mol. The minimum atomic E-state index is -0.853. The van der Waals surface area contributed by atoms with Gasteiger partial charge in [-0.3, -0.25) is 0 Å². The molecule has 0 fully saturated rings. The lowest BCUT2D eigenvalue weighted by atomic mass is 10.0. The summed E-state index contributed by atoms with van der Waals surface area (Å²) in [5.74, 6) is -1.65. The van der Waals surface area contributed by atoms with Gasteiger partial charge < -0.3 is 4.74 Å². The molecule has 106 valence electrons. The topological polar surface area (TPSA) is 33.0 Å². The standard InChI is InChI=1S/C16H10ClF2NO/c1-21-13-7-14(18)16(15(19)8-13)11(9-20)6-10-2-4-12(17)5-3-10/h2-8H,1H3/b11-6+. The fourth-order valence-corrected chi connectivity index (χ4v) is 1.94. The van der Waals surface area contributed by atoms with Gasteiger partial charge in [0.25, 0.3) is 0 Å². The first-order valence-electron chi connectivity index (χ1n) is 5.96. The molecule has 2 nitrogen and oxygen atoms in total. The molecule has 0 N–H and O–H groups in total. The smallest absolute Gasteiger partial charge is 0.138 e. The number of hydrogen-bond acceptors (Lipinski definition) is 2. The highest BCUT2D eigenvalue weighted by atomic mass is 35.5. The second-order valence-corrected chi connectivity index (χ2v) is 4.62. The van der Waals surface area contributed by atoms with Gasteiger partial charge in [-0.2, -0.15) is 5.26 Å². The molecule has 0 heterocycles. The summed E-state index contributed by atoms with van der Waals surface area (Å²) in [6.45, 7) is 0. The lowest BCUT2D eigenvalue weighted by Gasteiger charge is -2.07. The van der Waals surface area contributed by atoms with E-state index in [-0.39, 0.29) is 16.9 Å². The Balaban J connectivity index is 2.52. The number of methoxy groups -OCH3 is 1. The van der Waals surface area contributed by atoms with Gasteiger partial charge in [0.05, 0.1) is 24.3 Å². The van der Waals surface area contributed by atoms with Crippen LogP contribution in [0.1, 0.15) is 11.1 Å². The van der Waals surface area contributed by atoms with Crippen molar-refractivity contribution in [3.05, 3.63) is 64.2 Å². The van der Waals surface area contributed by atoms with Crippen molar-refractivity contribution in [2.24, 2.45) is 0 Å². The molecule has 0 bridgehead atoms. The maximum atomic E-state index is 14.0. The van der Waals surface area contributed by atoms with Gasteiger partial charge in [-0.05, 0) is 23.8 Å². The third-order valence-electron chi connectivity index (χ3n) is 2.82. The Bertz CT molecular complexity index is 710. The zero-order valence-electron chi connectivity index (χ0n) is 11.0. The van der Waals surface area contributed by atoms with Gasteiger partial charge in [0.15, 0.2) is 0 Å². The fourth-order valence-electron chi connectivity index (χ4n) is 1.81. The number of nitriles is 1. The van der Waals surface area contributed by atoms with Gasteiger partial charge in [-0.15, -0.1) is 0 Å². The van der Waals surface area contributed by atoms with Crippen LogP contribution >= 0.6 is 11.6 Å². The van der Waals surface area contributed by atoms with Gasteiger partial charge in [-0.25, -0.2) is 8.78 Å². The van der Waals surface area contributed by atoms with E-state index in [1.807, 2.05) is 6.07 Å². The average Bonchev–Trinajstić information content (AvgIpc) is 2.47. The molecule has 0 unspecified atom stereocenters. The molecule has 0 radical (unpaired) electrons. The quantitative estimate of drug-likeness (QED) is 0.609. The molecule has 5 heteroatoms. The van der Waals surface area contributed by atoms with E-state index < -0.39 is 11.6 Å². The summed E-state index contributed by atoms with van der Waals surface area (Å²) in [7, 11) is 1.31. The van der Waals surface area contributed by atoms with Gasteiger partial charge >= 0.3 is 0 Å². The molecule has 0 spiro atoms. The third kappa shape index (κ3) is 3.39. The molecule has 0 amide bonds. The Morgan fingerprint density at radius 1 is 1.19 bits per heavy atom. The normalized spacial score (nSPS) is 11.1. The summed E-state index contributed by atoms with van der Waals surface area (Å²) >= 11 is 5.76. The highest BCUT2D eigenvalue weighted by Gasteiger charge is 2.16. The van der Waals surface area contributed by atoms with Crippen LogP contribution in [0.5, 0.6) is 5.75 Å². The van der Waals surface area contributed by atoms with E-state index in [1.165, 1.54) is 13.2 Å². The lowest BCUT2D eigenvalue weighted by molar-refractivity contribution is 0.406. The largest absolute Gasteiger partial charge is 0.497 e. The maximum absolute atomic E-state index is 14.0. The van der Waals surface area contributed by atoms with E-state index in [0.29, 0.717) is 10.6 Å². The second-order valence-electron chi connectivity index (χ2n) is 4.19. The van der Waals surface area contributed by atoms with Gasteiger partial charge in [0.2, 0.25) is 0 Å². The highest BCUT2D eigenvalue weighted by molar-refractivity contribution is 6.30. The number of allylic oxidation sites excluding steroid dienone is 1. The van der Waals surface area contributed by atoms with Crippen molar-refractivity contribution in [1.82, 2.24) is 0 Å². The number of benzene rings is 2. The number of halogens is 3. The van der Waals surface area contributed by atoms with Crippen LogP contribution in [0.2, 0.25) is 5.02 Å². The summed E-state index contributed by atoms with van der Waals surface area (Å²) in [5.41, 5.74) is 0.119. The zero-order valence-corrected chi connectivity index (χ0v) is 11.8. The van der Waals surface area contributed by atoms with Crippen LogP contribution in [0.3, 0.4) is 0 Å². The van der Waals surface area contributed by atoms with Crippen molar-refractivity contribution in [2.45, 2.75) is 0 Å². The summed E-state index contributed by atoms with van der Waals surface area (Å²) in [4.78, 5) is 0. The third-order valence-corrected chi connectivity index (χ3v) is 3.07. The van der Waals surface area contributed by atoms with Crippen LogP contribution in [0.4, 0.5) is 8.78 Å². The second kappa shape index (κ2) is 6.38. The SMILES string of the molecule is COc1cc(F)c(/C(C#N)=C/c2ccc(Cl)cc2)c(F)c1. The van der Waals surface area contributed by atoms with Gasteiger partial charge in [0, 0.05) is 17.2 Å². The number of rotatable bonds is 3. The summed E-state index contributed by atoms with van der Waals surface area (Å²) in [5, 5.41) is 9.70. The predicted molar refractivity (Wildman–Crippen MR) is 77.8 cm³/mol. The molecule has 2 aromatic carbocycles. The van der Waals surface area contributed by atoms with E-state index in [2.05, 4.69) is 0 Å². The molecule has 0 aliphatic rings. The Hall–Kier alpha value is -2.38. The first-order valence-corrected chi connectivity index (χ1v) is 6.33. The van der Waals surface area contributed by atoms with Crippen molar-refractivity contribution in [1.29, 1.82) is 5.26 Å². The summed E-state index contributed by atoms with van der Waals surface area (Å²) in [6, 6.07) is 10.4. The minimum Gasteiger partial charge on any atom is -0.497 e. The molecule has 0 saturated heterocycles. The molecule has 2 rings (SSSR count). The molecule has 0 atom stereocenters. The Kier molecular flexibility index (Phi) is 4.56.